The van der Waals surface area contributed by atoms with Crippen LogP contribution < -0.4 is 0 Å². The van der Waals surface area contributed by atoms with Gasteiger partial charge in [-0.3, -0.25) is 0 Å². The summed E-state index contributed by atoms with van der Waals surface area (Å²) in [5.74, 6) is 0. The molecule has 0 spiro atoms. The van der Waals surface area contributed by atoms with Crippen molar-refractivity contribution in [2.24, 2.45) is 0 Å². The van der Waals surface area contributed by atoms with Crippen molar-refractivity contribution in [3.8, 4) is 0 Å². The Hall–Kier alpha value is -1.65. The minimum absolute atomic E-state index is 0.0581. The molecule has 2 aromatic carbocycles. The van der Waals surface area contributed by atoms with E-state index in [1.807, 2.05) is 45.0 Å². The third kappa shape index (κ3) is 2.89. The van der Waals surface area contributed by atoms with Gasteiger partial charge in [0.2, 0.25) is 10.0 Å². The van der Waals surface area contributed by atoms with Gasteiger partial charge in [-0.2, -0.15) is 4.31 Å². The molecule has 128 valence electrons. The van der Waals surface area contributed by atoms with Crippen LogP contribution in [0.25, 0.3) is 0 Å². The summed E-state index contributed by atoms with van der Waals surface area (Å²) >= 11 is 0. The fraction of sp³-hybridized carbons (Fsp3) is 0.400. The molecular formula is C20H25NO2S. The Balaban J connectivity index is 2.06. The Kier molecular flexibility index (Phi) is 4.54. The summed E-state index contributed by atoms with van der Waals surface area (Å²) in [6, 6.07) is 11.8. The van der Waals surface area contributed by atoms with Crippen molar-refractivity contribution >= 4 is 10.0 Å². The van der Waals surface area contributed by atoms with Crippen LogP contribution in [-0.2, 0) is 10.0 Å². The van der Waals surface area contributed by atoms with E-state index in [9.17, 15) is 8.42 Å². The van der Waals surface area contributed by atoms with Crippen molar-refractivity contribution in [2.45, 2.75) is 51.5 Å². The SMILES string of the molecule is Cc1cc(C)c(S(=O)(=O)N2CCCC2c2ccccc2C)cc1C. The van der Waals surface area contributed by atoms with E-state index >= 15 is 0 Å². The van der Waals surface area contributed by atoms with Crippen LogP contribution >= 0.6 is 0 Å². The van der Waals surface area contributed by atoms with Crippen LogP contribution in [0.15, 0.2) is 41.3 Å². The van der Waals surface area contributed by atoms with Crippen molar-refractivity contribution < 1.29 is 8.42 Å². The molecule has 1 unspecified atom stereocenters. The van der Waals surface area contributed by atoms with Crippen LogP contribution in [0.5, 0.6) is 0 Å². The van der Waals surface area contributed by atoms with Crippen LogP contribution in [0.4, 0.5) is 0 Å². The molecule has 1 aliphatic heterocycles. The number of hydrogen-bond acceptors (Lipinski definition) is 2. The third-order valence-corrected chi connectivity index (χ3v) is 7.18. The van der Waals surface area contributed by atoms with E-state index in [-0.39, 0.29) is 6.04 Å². The zero-order chi connectivity index (χ0) is 17.5. The highest BCUT2D eigenvalue weighted by atomic mass is 32.2. The summed E-state index contributed by atoms with van der Waals surface area (Å²) in [4.78, 5) is 0.450. The Bertz CT molecular complexity index is 871. The molecule has 1 aliphatic rings. The highest BCUT2D eigenvalue weighted by molar-refractivity contribution is 7.89. The normalized spacial score (nSPS) is 18.9. The van der Waals surface area contributed by atoms with Gasteiger partial charge in [0.1, 0.15) is 0 Å². The first-order chi connectivity index (χ1) is 11.3. The maximum atomic E-state index is 13.3. The summed E-state index contributed by atoms with van der Waals surface area (Å²) in [7, 11) is -3.49. The number of rotatable bonds is 3. The van der Waals surface area contributed by atoms with Crippen LogP contribution in [0, 0.1) is 27.7 Å². The van der Waals surface area contributed by atoms with E-state index in [0.717, 1.165) is 40.7 Å². The molecule has 0 saturated carbocycles. The molecule has 0 aliphatic carbocycles. The summed E-state index contributed by atoms with van der Waals surface area (Å²) < 4.78 is 28.4. The molecule has 1 saturated heterocycles. The molecular weight excluding hydrogens is 318 g/mol. The fourth-order valence-corrected chi connectivity index (χ4v) is 5.61. The number of nitrogens with zero attached hydrogens (tertiary/aromatic N) is 1. The third-order valence-electron chi connectivity index (χ3n) is 5.13. The Morgan fingerprint density at radius 2 is 1.58 bits per heavy atom. The lowest BCUT2D eigenvalue weighted by molar-refractivity contribution is 0.395. The molecule has 3 nitrogen and oxygen atoms in total. The lowest BCUT2D eigenvalue weighted by Gasteiger charge is -2.26. The predicted molar refractivity (Wildman–Crippen MR) is 97.7 cm³/mol. The summed E-state index contributed by atoms with van der Waals surface area (Å²) in [6.45, 7) is 8.52. The first-order valence-electron chi connectivity index (χ1n) is 8.47. The number of sulfonamides is 1. The second kappa shape index (κ2) is 6.34. The summed E-state index contributed by atoms with van der Waals surface area (Å²) in [6.07, 6.45) is 1.79. The molecule has 1 heterocycles. The molecule has 0 aromatic heterocycles. The summed E-state index contributed by atoms with van der Waals surface area (Å²) in [5.41, 5.74) is 5.25. The molecule has 0 radical (unpaired) electrons. The van der Waals surface area contributed by atoms with Gasteiger partial charge in [-0.15, -0.1) is 0 Å². The lowest BCUT2D eigenvalue weighted by Crippen LogP contribution is -2.31. The minimum atomic E-state index is -3.49. The minimum Gasteiger partial charge on any atom is -0.207 e. The topological polar surface area (TPSA) is 37.4 Å². The van der Waals surface area contributed by atoms with Crippen molar-refractivity contribution in [3.63, 3.8) is 0 Å². The zero-order valence-electron chi connectivity index (χ0n) is 14.8. The van der Waals surface area contributed by atoms with Gasteiger partial charge >= 0.3 is 0 Å². The molecule has 4 heteroatoms. The van der Waals surface area contributed by atoms with Gasteiger partial charge in [-0.05, 0) is 74.4 Å². The van der Waals surface area contributed by atoms with Gasteiger partial charge < -0.3 is 0 Å². The van der Waals surface area contributed by atoms with Gasteiger partial charge in [0, 0.05) is 6.54 Å². The van der Waals surface area contributed by atoms with Crippen LogP contribution in [0.1, 0.15) is 46.7 Å². The Morgan fingerprint density at radius 1 is 0.917 bits per heavy atom. The van der Waals surface area contributed by atoms with Crippen LogP contribution in [0.3, 0.4) is 0 Å². The van der Waals surface area contributed by atoms with Crippen LogP contribution in [0.2, 0.25) is 0 Å². The van der Waals surface area contributed by atoms with Crippen molar-refractivity contribution in [1.29, 1.82) is 0 Å². The molecule has 1 fully saturated rings. The van der Waals surface area contributed by atoms with Gasteiger partial charge in [0.15, 0.2) is 0 Å². The number of aryl methyl sites for hydroxylation is 4. The van der Waals surface area contributed by atoms with E-state index in [1.54, 1.807) is 4.31 Å². The standard InChI is InChI=1S/C20H25NO2S/c1-14-8-5-6-9-18(14)19-10-7-11-21(19)24(22,23)20-13-16(3)15(2)12-17(20)4/h5-6,8-9,12-13,19H,7,10-11H2,1-4H3. The van der Waals surface area contributed by atoms with E-state index in [4.69, 9.17) is 0 Å². The number of benzene rings is 2. The largest absolute Gasteiger partial charge is 0.243 e. The second-order valence-corrected chi connectivity index (χ2v) is 8.69. The smallest absolute Gasteiger partial charge is 0.207 e. The van der Waals surface area contributed by atoms with E-state index < -0.39 is 10.0 Å². The predicted octanol–water partition coefficient (Wildman–Crippen LogP) is 4.45. The van der Waals surface area contributed by atoms with Crippen molar-refractivity contribution in [3.05, 3.63) is 64.2 Å². The second-order valence-electron chi connectivity index (χ2n) is 6.83. The van der Waals surface area contributed by atoms with Gasteiger partial charge in [-0.1, -0.05) is 30.3 Å². The molecule has 3 rings (SSSR count). The monoisotopic (exact) mass is 343 g/mol. The quantitative estimate of drug-likeness (QED) is 0.826. The van der Waals surface area contributed by atoms with E-state index in [1.165, 1.54) is 0 Å². The molecule has 2 aromatic rings. The van der Waals surface area contributed by atoms with Crippen molar-refractivity contribution in [1.82, 2.24) is 4.31 Å². The first kappa shape index (κ1) is 17.2. The van der Waals surface area contributed by atoms with Gasteiger partial charge in [0.05, 0.1) is 10.9 Å². The molecule has 0 bridgehead atoms. The maximum absolute atomic E-state index is 13.3. The zero-order valence-corrected chi connectivity index (χ0v) is 15.7. The van der Waals surface area contributed by atoms with Crippen molar-refractivity contribution in [2.75, 3.05) is 6.54 Å². The highest BCUT2D eigenvalue weighted by Gasteiger charge is 2.37. The molecule has 24 heavy (non-hydrogen) atoms. The number of hydrogen-bond donors (Lipinski definition) is 0. The maximum Gasteiger partial charge on any atom is 0.243 e. The average molecular weight is 343 g/mol. The summed E-state index contributed by atoms with van der Waals surface area (Å²) in [5, 5.41) is 0. The van der Waals surface area contributed by atoms with Gasteiger partial charge in [0.25, 0.3) is 0 Å². The molecule has 1 atom stereocenters. The van der Waals surface area contributed by atoms with E-state index in [0.29, 0.717) is 11.4 Å². The Labute approximate surface area is 145 Å². The van der Waals surface area contributed by atoms with Gasteiger partial charge in [-0.25, -0.2) is 8.42 Å². The highest BCUT2D eigenvalue weighted by Crippen LogP contribution is 2.38. The molecule has 0 N–H and O–H groups in total. The lowest BCUT2D eigenvalue weighted by atomic mass is 10.0. The van der Waals surface area contributed by atoms with Crippen LogP contribution in [-0.4, -0.2) is 19.3 Å². The Morgan fingerprint density at radius 3 is 2.29 bits per heavy atom. The average Bonchev–Trinajstić information content (AvgIpc) is 3.01. The first-order valence-corrected chi connectivity index (χ1v) is 9.91. The fourth-order valence-electron chi connectivity index (χ4n) is 3.64. The van der Waals surface area contributed by atoms with E-state index in [2.05, 4.69) is 19.1 Å². The molecule has 0 amide bonds.